The minimum Gasteiger partial charge on any atom is -0.380 e. The van der Waals surface area contributed by atoms with Gasteiger partial charge in [0.2, 0.25) is 16.0 Å². The van der Waals surface area contributed by atoms with Crippen molar-refractivity contribution in [3.8, 4) is 0 Å². The molecule has 2 aromatic rings. The van der Waals surface area contributed by atoms with Gasteiger partial charge < -0.3 is 24.8 Å². The lowest BCUT2D eigenvalue weighted by molar-refractivity contribution is 0.0690. The monoisotopic (exact) mass is 485 g/mol. The molecule has 174 valence electrons. The van der Waals surface area contributed by atoms with E-state index in [9.17, 15) is 8.42 Å². The third-order valence-corrected chi connectivity index (χ3v) is 7.88. The van der Waals surface area contributed by atoms with Crippen molar-refractivity contribution in [3.63, 3.8) is 0 Å². The number of hydrogen-bond acceptors (Lipinski definition) is 10. The summed E-state index contributed by atoms with van der Waals surface area (Å²) in [6.45, 7) is 1.22. The predicted octanol–water partition coefficient (Wildman–Crippen LogP) is 0.262. The topological polar surface area (TPSA) is 142 Å². The van der Waals surface area contributed by atoms with E-state index in [4.69, 9.17) is 25.8 Å². The van der Waals surface area contributed by atoms with Crippen LogP contribution in [0.5, 0.6) is 0 Å². The van der Waals surface area contributed by atoms with Gasteiger partial charge in [-0.05, 0) is 6.42 Å². The molecule has 3 fully saturated rings. The second-order valence-corrected chi connectivity index (χ2v) is 10.4. The summed E-state index contributed by atoms with van der Waals surface area (Å²) in [6.07, 6.45) is 4.70. The zero-order chi connectivity index (χ0) is 22.3. The number of ether oxygens (including phenoxy) is 3. The highest BCUT2D eigenvalue weighted by Gasteiger charge is 2.49. The van der Waals surface area contributed by atoms with Crippen molar-refractivity contribution < 1.29 is 22.6 Å². The Labute approximate surface area is 190 Å². The molecule has 2 aromatic heterocycles. The normalized spacial score (nSPS) is 29.9. The van der Waals surface area contributed by atoms with E-state index in [0.29, 0.717) is 36.4 Å². The molecule has 0 bridgehead atoms. The van der Waals surface area contributed by atoms with Crippen molar-refractivity contribution in [2.75, 3.05) is 37.1 Å². The summed E-state index contributed by atoms with van der Waals surface area (Å²) in [5, 5.41) is 10.2. The van der Waals surface area contributed by atoms with Gasteiger partial charge in [-0.3, -0.25) is 4.68 Å². The quantitative estimate of drug-likeness (QED) is 0.500. The minimum atomic E-state index is -3.51. The van der Waals surface area contributed by atoms with Crippen LogP contribution in [0, 0.1) is 0 Å². The molecule has 3 unspecified atom stereocenters. The van der Waals surface area contributed by atoms with Gasteiger partial charge in [0, 0.05) is 19.9 Å². The maximum atomic E-state index is 12.6. The van der Waals surface area contributed by atoms with E-state index >= 15 is 0 Å². The zero-order valence-electron chi connectivity index (χ0n) is 17.3. The van der Waals surface area contributed by atoms with Crippen molar-refractivity contribution in [2.45, 2.75) is 36.0 Å². The standard InChI is InChI=1S/C18H24ClN7O5S/c1-26-6-10(4-21-26)22-18-20-5-12(19)17(24-18)23-13-8-30-16-14(9-31-15(13)16)25-32(27,28)11-2-3-29-7-11/h4-6,11,13-16,25H,2-3,7-9H2,1H3,(H2,20,22,23,24)/t11?,13-,14+,15?,16?/m1/s1. The maximum absolute atomic E-state index is 12.6. The van der Waals surface area contributed by atoms with E-state index in [1.54, 1.807) is 17.1 Å². The van der Waals surface area contributed by atoms with Gasteiger partial charge in [-0.1, -0.05) is 11.6 Å². The van der Waals surface area contributed by atoms with Gasteiger partial charge >= 0.3 is 0 Å². The van der Waals surface area contributed by atoms with Crippen LogP contribution < -0.4 is 15.4 Å². The summed E-state index contributed by atoms with van der Waals surface area (Å²) >= 11 is 6.30. The van der Waals surface area contributed by atoms with Gasteiger partial charge in [-0.25, -0.2) is 18.1 Å². The summed E-state index contributed by atoms with van der Waals surface area (Å²) in [5.74, 6) is 0.787. The summed E-state index contributed by atoms with van der Waals surface area (Å²) < 4.78 is 46.6. The summed E-state index contributed by atoms with van der Waals surface area (Å²) in [6, 6.07) is -0.705. The number of fused-ring (bicyclic) bond motifs is 1. The van der Waals surface area contributed by atoms with E-state index in [2.05, 4.69) is 30.4 Å². The van der Waals surface area contributed by atoms with Gasteiger partial charge in [0.15, 0.2) is 5.82 Å². The summed E-state index contributed by atoms with van der Waals surface area (Å²) in [5.41, 5.74) is 0.743. The largest absolute Gasteiger partial charge is 0.380 e. The zero-order valence-corrected chi connectivity index (χ0v) is 18.8. The Morgan fingerprint density at radius 2 is 1.94 bits per heavy atom. The van der Waals surface area contributed by atoms with E-state index in [1.165, 1.54) is 6.20 Å². The first-order chi connectivity index (χ1) is 15.4. The molecule has 5 heterocycles. The van der Waals surface area contributed by atoms with Crippen molar-refractivity contribution >= 4 is 39.1 Å². The molecule has 3 saturated heterocycles. The molecule has 0 aromatic carbocycles. The average molecular weight is 486 g/mol. The van der Waals surface area contributed by atoms with E-state index in [1.807, 2.05) is 7.05 Å². The van der Waals surface area contributed by atoms with Crippen LogP contribution in [0.1, 0.15) is 6.42 Å². The molecule has 5 rings (SSSR count). The molecule has 0 amide bonds. The van der Waals surface area contributed by atoms with Crippen LogP contribution in [-0.4, -0.2) is 84.1 Å². The van der Waals surface area contributed by atoms with Crippen LogP contribution in [0.15, 0.2) is 18.6 Å². The first kappa shape index (κ1) is 21.8. The number of anilines is 3. The second kappa shape index (κ2) is 8.72. The molecule has 14 heteroatoms. The number of rotatable bonds is 7. The van der Waals surface area contributed by atoms with Crippen LogP contribution in [0.25, 0.3) is 0 Å². The van der Waals surface area contributed by atoms with Crippen molar-refractivity contribution in [1.29, 1.82) is 0 Å². The van der Waals surface area contributed by atoms with Gasteiger partial charge in [-0.15, -0.1) is 0 Å². The van der Waals surface area contributed by atoms with Gasteiger partial charge in [0.1, 0.15) is 22.5 Å². The summed E-state index contributed by atoms with van der Waals surface area (Å²) in [7, 11) is -1.70. The average Bonchev–Trinajstić information content (AvgIpc) is 3.53. The Kier molecular flexibility index (Phi) is 5.94. The molecule has 0 saturated carbocycles. The Bertz CT molecular complexity index is 1080. The first-order valence-electron chi connectivity index (χ1n) is 10.3. The summed E-state index contributed by atoms with van der Waals surface area (Å²) in [4.78, 5) is 8.64. The number of nitrogens with zero attached hydrogens (tertiary/aromatic N) is 4. The molecule has 3 aliphatic rings. The second-order valence-electron chi connectivity index (χ2n) is 8.02. The van der Waals surface area contributed by atoms with Crippen LogP contribution in [0.3, 0.4) is 0 Å². The van der Waals surface area contributed by atoms with E-state index in [-0.39, 0.29) is 25.4 Å². The highest BCUT2D eigenvalue weighted by atomic mass is 35.5. The molecule has 5 atom stereocenters. The molecule has 0 aliphatic carbocycles. The maximum Gasteiger partial charge on any atom is 0.229 e. The van der Waals surface area contributed by atoms with Gasteiger partial charge in [-0.2, -0.15) is 10.1 Å². The third-order valence-electron chi connectivity index (χ3n) is 5.72. The highest BCUT2D eigenvalue weighted by molar-refractivity contribution is 7.90. The number of aryl methyl sites for hydroxylation is 1. The lowest BCUT2D eigenvalue weighted by Gasteiger charge is -2.20. The fourth-order valence-electron chi connectivity index (χ4n) is 4.11. The van der Waals surface area contributed by atoms with Gasteiger partial charge in [0.25, 0.3) is 0 Å². The molecule has 3 aliphatic heterocycles. The van der Waals surface area contributed by atoms with E-state index < -0.39 is 27.4 Å². The molecule has 3 N–H and O–H groups in total. The van der Waals surface area contributed by atoms with Crippen molar-refractivity contribution in [1.82, 2.24) is 24.5 Å². The van der Waals surface area contributed by atoms with E-state index in [0.717, 1.165) is 5.69 Å². The fourth-order valence-corrected chi connectivity index (χ4v) is 5.75. The Balaban J connectivity index is 1.24. The Morgan fingerprint density at radius 1 is 1.16 bits per heavy atom. The lowest BCUT2D eigenvalue weighted by atomic mass is 10.1. The van der Waals surface area contributed by atoms with Gasteiger partial charge in [0.05, 0.1) is 50.0 Å². The molecular weight excluding hydrogens is 462 g/mol. The van der Waals surface area contributed by atoms with Crippen molar-refractivity contribution in [2.24, 2.45) is 7.05 Å². The van der Waals surface area contributed by atoms with Crippen LogP contribution in [-0.2, 0) is 31.3 Å². The highest BCUT2D eigenvalue weighted by Crippen LogP contribution is 2.31. The molecule has 12 nitrogen and oxygen atoms in total. The molecular formula is C18H24ClN7O5S. The molecule has 0 radical (unpaired) electrons. The SMILES string of the molecule is Cn1cc(Nc2ncc(Cl)c(N[C@@H]3COC4C3OC[C@@H]4NS(=O)(=O)C3CCOC3)n2)cn1. The van der Waals surface area contributed by atoms with Crippen LogP contribution in [0.4, 0.5) is 17.5 Å². The van der Waals surface area contributed by atoms with Crippen molar-refractivity contribution in [3.05, 3.63) is 23.6 Å². The Morgan fingerprint density at radius 3 is 2.66 bits per heavy atom. The molecule has 32 heavy (non-hydrogen) atoms. The van der Waals surface area contributed by atoms with Crippen LogP contribution >= 0.6 is 11.6 Å². The number of halogens is 1. The lowest BCUT2D eigenvalue weighted by Crippen LogP contribution is -2.48. The molecule has 0 spiro atoms. The number of nitrogens with one attached hydrogen (secondary N) is 3. The number of aromatic nitrogens is 4. The van der Waals surface area contributed by atoms with Crippen LogP contribution in [0.2, 0.25) is 5.02 Å². The Hall–Kier alpha value is -2.03. The first-order valence-corrected chi connectivity index (χ1v) is 12.2. The number of hydrogen-bond donors (Lipinski definition) is 3. The minimum absolute atomic E-state index is 0.212. The number of sulfonamides is 1. The smallest absolute Gasteiger partial charge is 0.229 e. The third kappa shape index (κ3) is 4.40. The fraction of sp³-hybridized carbons (Fsp3) is 0.611. The predicted molar refractivity (Wildman–Crippen MR) is 115 cm³/mol.